The van der Waals surface area contributed by atoms with Gasteiger partial charge in [0.05, 0.1) is 18.0 Å². The molecule has 2 aromatic rings. The monoisotopic (exact) mass is 384 g/mol. The zero-order chi connectivity index (χ0) is 19.3. The molecule has 1 amide bonds. The largest absolute Gasteiger partial charge is 0.494 e. The lowest BCUT2D eigenvalue weighted by atomic mass is 10.3. The van der Waals surface area contributed by atoms with E-state index in [1.165, 1.54) is 31.3 Å². The molecule has 26 heavy (non-hydrogen) atoms. The van der Waals surface area contributed by atoms with E-state index < -0.39 is 39.8 Å². The minimum absolute atomic E-state index is 0.0340. The van der Waals surface area contributed by atoms with Crippen molar-refractivity contribution in [3.05, 3.63) is 54.1 Å². The molecule has 9 heteroatoms. The Labute approximate surface area is 150 Å². The molecule has 0 atom stereocenters. The van der Waals surface area contributed by atoms with Crippen molar-refractivity contribution in [3.8, 4) is 5.75 Å². The predicted molar refractivity (Wildman–Crippen MR) is 92.4 cm³/mol. The maximum absolute atomic E-state index is 13.5. The van der Waals surface area contributed by atoms with Crippen LogP contribution >= 0.6 is 0 Å². The summed E-state index contributed by atoms with van der Waals surface area (Å²) < 4.78 is 58.1. The first kappa shape index (κ1) is 19.8. The van der Waals surface area contributed by atoms with Crippen molar-refractivity contribution in [1.82, 2.24) is 4.31 Å². The molecule has 0 aromatic heterocycles. The number of carbonyl (C=O) groups excluding carboxylic acids is 1. The Balaban J connectivity index is 2.09. The number of rotatable bonds is 7. The summed E-state index contributed by atoms with van der Waals surface area (Å²) in [5, 5.41) is 2.04. The first-order valence-corrected chi connectivity index (χ1v) is 9.12. The fraction of sp³-hybridized carbons (Fsp3) is 0.235. The number of hydrogen-bond acceptors (Lipinski definition) is 4. The van der Waals surface area contributed by atoms with E-state index in [1.807, 2.05) is 5.32 Å². The van der Waals surface area contributed by atoms with Crippen molar-refractivity contribution in [2.75, 3.05) is 25.5 Å². The van der Waals surface area contributed by atoms with Crippen molar-refractivity contribution in [3.63, 3.8) is 0 Å². The summed E-state index contributed by atoms with van der Waals surface area (Å²) >= 11 is 0. The average Bonchev–Trinajstić information content (AvgIpc) is 2.59. The van der Waals surface area contributed by atoms with Crippen LogP contribution in [-0.4, -0.2) is 38.8 Å². The van der Waals surface area contributed by atoms with Crippen LogP contribution in [0.4, 0.5) is 14.5 Å². The van der Waals surface area contributed by atoms with E-state index in [9.17, 15) is 22.0 Å². The Kier molecular flexibility index (Phi) is 6.27. The van der Waals surface area contributed by atoms with Gasteiger partial charge in [-0.2, -0.15) is 4.31 Å². The second-order valence-corrected chi connectivity index (χ2v) is 7.36. The molecule has 2 aromatic carbocycles. The second kappa shape index (κ2) is 8.24. The van der Waals surface area contributed by atoms with E-state index in [2.05, 4.69) is 0 Å². The molecule has 0 aliphatic heterocycles. The number of likely N-dealkylation sites (N-methyl/N-ethyl adjacent to an activating group) is 1. The van der Waals surface area contributed by atoms with Gasteiger partial charge >= 0.3 is 0 Å². The van der Waals surface area contributed by atoms with Gasteiger partial charge < -0.3 is 10.1 Å². The summed E-state index contributed by atoms with van der Waals surface area (Å²) in [6.45, 7) is 1.64. The minimum Gasteiger partial charge on any atom is -0.494 e. The first-order valence-electron chi connectivity index (χ1n) is 7.68. The quantitative estimate of drug-likeness (QED) is 0.796. The number of benzene rings is 2. The maximum atomic E-state index is 13.5. The van der Waals surface area contributed by atoms with E-state index >= 15 is 0 Å². The van der Waals surface area contributed by atoms with E-state index in [0.717, 1.165) is 22.5 Å². The molecule has 0 saturated carbocycles. The summed E-state index contributed by atoms with van der Waals surface area (Å²) in [6, 6.07) is 8.83. The van der Waals surface area contributed by atoms with Crippen LogP contribution in [0.15, 0.2) is 47.4 Å². The zero-order valence-electron chi connectivity index (χ0n) is 14.2. The molecule has 0 radical (unpaired) electrons. The molecule has 0 aliphatic carbocycles. The summed E-state index contributed by atoms with van der Waals surface area (Å²) in [5.74, 6) is -2.25. The van der Waals surface area contributed by atoms with Gasteiger partial charge in [-0.05, 0) is 43.3 Å². The van der Waals surface area contributed by atoms with Gasteiger partial charge in [0.1, 0.15) is 23.1 Å². The summed E-state index contributed by atoms with van der Waals surface area (Å²) in [4.78, 5) is 11.9. The van der Waals surface area contributed by atoms with Crippen LogP contribution in [0.25, 0.3) is 0 Å². The van der Waals surface area contributed by atoms with Gasteiger partial charge in [0, 0.05) is 7.05 Å². The number of para-hydroxylation sites is 1. The fourth-order valence-electron chi connectivity index (χ4n) is 2.14. The Morgan fingerprint density at radius 1 is 1.12 bits per heavy atom. The van der Waals surface area contributed by atoms with Gasteiger partial charge in [-0.1, -0.05) is 6.07 Å². The molecule has 0 bridgehead atoms. The lowest BCUT2D eigenvalue weighted by Gasteiger charge is -2.17. The third kappa shape index (κ3) is 4.55. The summed E-state index contributed by atoms with van der Waals surface area (Å²) in [5.41, 5.74) is -0.621. The van der Waals surface area contributed by atoms with Gasteiger partial charge in [0.25, 0.3) is 0 Å². The second-order valence-electron chi connectivity index (χ2n) is 5.31. The topological polar surface area (TPSA) is 75.7 Å². The third-order valence-corrected chi connectivity index (χ3v) is 5.25. The highest BCUT2D eigenvalue weighted by Gasteiger charge is 2.24. The van der Waals surface area contributed by atoms with Crippen molar-refractivity contribution in [2.24, 2.45) is 0 Å². The Morgan fingerprint density at radius 3 is 2.23 bits per heavy atom. The van der Waals surface area contributed by atoms with Crippen molar-refractivity contribution in [1.29, 1.82) is 0 Å². The standard InChI is InChI=1S/C17H18F2N2O4S/c1-3-25-12-7-9-13(10-8-12)26(23,24)21(2)11-16(22)20-17-14(18)5-4-6-15(17)19/h4-10H,3,11H2,1-2H3,(H,20,22). The lowest BCUT2D eigenvalue weighted by Crippen LogP contribution is -2.35. The Bertz CT molecular complexity index is 866. The smallest absolute Gasteiger partial charge is 0.243 e. The van der Waals surface area contributed by atoms with Gasteiger partial charge in [-0.15, -0.1) is 0 Å². The first-order chi connectivity index (χ1) is 12.3. The molecule has 6 nitrogen and oxygen atoms in total. The highest BCUT2D eigenvalue weighted by atomic mass is 32.2. The summed E-state index contributed by atoms with van der Waals surface area (Å²) in [7, 11) is -2.75. The van der Waals surface area contributed by atoms with Gasteiger partial charge in [-0.3, -0.25) is 4.79 Å². The molecule has 0 heterocycles. The van der Waals surface area contributed by atoms with E-state index in [-0.39, 0.29) is 4.90 Å². The van der Waals surface area contributed by atoms with Crippen LogP contribution in [0.2, 0.25) is 0 Å². The lowest BCUT2D eigenvalue weighted by molar-refractivity contribution is -0.116. The van der Waals surface area contributed by atoms with Crippen LogP contribution in [0.3, 0.4) is 0 Å². The number of ether oxygens (including phenoxy) is 1. The molecular formula is C17H18F2N2O4S. The van der Waals surface area contributed by atoms with Crippen molar-refractivity contribution < 1.29 is 26.7 Å². The average molecular weight is 384 g/mol. The van der Waals surface area contributed by atoms with Crippen LogP contribution in [-0.2, 0) is 14.8 Å². The van der Waals surface area contributed by atoms with Gasteiger partial charge in [-0.25, -0.2) is 17.2 Å². The molecule has 0 saturated heterocycles. The number of sulfonamides is 1. The molecule has 0 unspecified atom stereocenters. The number of nitrogens with zero attached hydrogens (tertiary/aromatic N) is 1. The number of hydrogen-bond donors (Lipinski definition) is 1. The molecular weight excluding hydrogens is 366 g/mol. The molecule has 0 aliphatic rings. The molecule has 1 N–H and O–H groups in total. The SMILES string of the molecule is CCOc1ccc(S(=O)(=O)N(C)CC(=O)Nc2c(F)cccc2F)cc1. The molecule has 140 valence electrons. The number of amides is 1. The van der Waals surface area contributed by atoms with Gasteiger partial charge in [0.15, 0.2) is 0 Å². The number of carbonyl (C=O) groups is 1. The summed E-state index contributed by atoms with van der Waals surface area (Å²) in [6.07, 6.45) is 0. The highest BCUT2D eigenvalue weighted by molar-refractivity contribution is 7.89. The predicted octanol–water partition coefficient (Wildman–Crippen LogP) is 2.62. The number of anilines is 1. The Hall–Kier alpha value is -2.52. The van der Waals surface area contributed by atoms with Crippen LogP contribution < -0.4 is 10.1 Å². The maximum Gasteiger partial charge on any atom is 0.243 e. The molecule has 2 rings (SSSR count). The Morgan fingerprint density at radius 2 is 1.69 bits per heavy atom. The van der Waals surface area contributed by atoms with Crippen LogP contribution in [0.5, 0.6) is 5.75 Å². The van der Waals surface area contributed by atoms with E-state index in [0.29, 0.717) is 12.4 Å². The molecule has 0 fully saturated rings. The third-order valence-electron chi connectivity index (χ3n) is 3.44. The van der Waals surface area contributed by atoms with Crippen molar-refractivity contribution >= 4 is 21.6 Å². The fourth-order valence-corrected chi connectivity index (χ4v) is 3.26. The van der Waals surface area contributed by atoms with E-state index in [1.54, 1.807) is 6.92 Å². The van der Waals surface area contributed by atoms with Crippen molar-refractivity contribution in [2.45, 2.75) is 11.8 Å². The molecule has 0 spiro atoms. The normalized spacial score (nSPS) is 11.4. The number of halogens is 2. The number of nitrogens with one attached hydrogen (secondary N) is 1. The van der Waals surface area contributed by atoms with E-state index in [4.69, 9.17) is 4.74 Å². The highest BCUT2D eigenvalue weighted by Crippen LogP contribution is 2.20. The minimum atomic E-state index is -3.95. The van der Waals surface area contributed by atoms with Crippen LogP contribution in [0.1, 0.15) is 6.92 Å². The van der Waals surface area contributed by atoms with Crippen LogP contribution in [0, 0.1) is 11.6 Å². The zero-order valence-corrected chi connectivity index (χ0v) is 15.0. The van der Waals surface area contributed by atoms with Gasteiger partial charge in [0.2, 0.25) is 15.9 Å².